The van der Waals surface area contributed by atoms with E-state index in [1.165, 1.54) is 11.1 Å². The Kier molecular flexibility index (Phi) is 9.79. The summed E-state index contributed by atoms with van der Waals surface area (Å²) >= 11 is 0. The fraction of sp³-hybridized carbons (Fsp3) is 0.562. The highest BCUT2D eigenvalue weighted by molar-refractivity contribution is 5.82. The first kappa shape index (κ1) is 29.2. The summed E-state index contributed by atoms with van der Waals surface area (Å²) in [5.41, 5.74) is 2.49. The summed E-state index contributed by atoms with van der Waals surface area (Å²) in [4.78, 5) is 30.1. The molecule has 2 N–H and O–H groups in total. The van der Waals surface area contributed by atoms with Crippen LogP contribution in [0.4, 0.5) is 0 Å². The molecular weight excluding hydrogens is 536 g/mol. The number of amides is 2. The van der Waals surface area contributed by atoms with Gasteiger partial charge in [-0.15, -0.1) is 0 Å². The van der Waals surface area contributed by atoms with Crippen molar-refractivity contribution in [3.63, 3.8) is 0 Å². The molecule has 0 spiro atoms. The number of morpholine rings is 2. The fourth-order valence-corrected chi connectivity index (χ4v) is 6.26. The Morgan fingerprint density at radius 1 is 0.595 bits per heavy atom. The molecule has 0 saturated carbocycles. The quantitative estimate of drug-likeness (QED) is 0.349. The number of rotatable bonds is 13. The van der Waals surface area contributed by atoms with Crippen LogP contribution >= 0.6 is 0 Å². The Bertz CT molecular complexity index is 1080. The van der Waals surface area contributed by atoms with E-state index in [1.54, 1.807) is 0 Å². The highest BCUT2D eigenvalue weighted by Gasteiger charge is 2.46. The van der Waals surface area contributed by atoms with Gasteiger partial charge in [-0.2, -0.15) is 0 Å². The lowest BCUT2D eigenvalue weighted by Gasteiger charge is -2.30. The maximum Gasteiger partial charge on any atom is 0.252 e. The van der Waals surface area contributed by atoms with Gasteiger partial charge < -0.3 is 29.6 Å². The second-order valence-corrected chi connectivity index (χ2v) is 11.7. The van der Waals surface area contributed by atoms with Gasteiger partial charge in [0.1, 0.15) is 12.2 Å². The van der Waals surface area contributed by atoms with E-state index in [2.05, 4.69) is 44.7 Å². The first-order valence-corrected chi connectivity index (χ1v) is 15.3. The van der Waals surface area contributed by atoms with Gasteiger partial charge in [0.25, 0.3) is 11.8 Å². The van der Waals surface area contributed by atoms with Gasteiger partial charge in [0.05, 0.1) is 13.1 Å². The van der Waals surface area contributed by atoms with Gasteiger partial charge >= 0.3 is 0 Å². The molecule has 4 bridgehead atoms. The molecule has 10 nitrogen and oxygen atoms in total. The summed E-state index contributed by atoms with van der Waals surface area (Å²) in [7, 11) is 0. The van der Waals surface area contributed by atoms with E-state index < -0.39 is 12.2 Å². The van der Waals surface area contributed by atoms with Crippen LogP contribution in [0.3, 0.4) is 0 Å². The number of hydrogen-bond donors (Lipinski definition) is 2. The minimum absolute atomic E-state index is 0.0948. The molecule has 4 saturated heterocycles. The number of unbranched alkanes of at least 4 members (excludes halogenated alkanes) is 3. The predicted molar refractivity (Wildman–Crippen MR) is 155 cm³/mol. The van der Waals surface area contributed by atoms with Gasteiger partial charge in [-0.1, -0.05) is 73.5 Å². The molecule has 2 aromatic rings. The Balaban J connectivity index is 0.818. The number of hydrogen-bond acceptors (Lipinski definition) is 8. The van der Waals surface area contributed by atoms with E-state index in [4.69, 9.17) is 18.9 Å². The van der Waals surface area contributed by atoms with Crippen LogP contribution < -0.4 is 10.6 Å². The molecule has 2 amide bonds. The Hall–Kier alpha value is -2.86. The number of carbonyl (C=O) groups excluding carboxylic acids is 2. The highest BCUT2D eigenvalue weighted by atomic mass is 16.7. The number of benzene rings is 2. The topological polar surface area (TPSA) is 102 Å². The van der Waals surface area contributed by atoms with Crippen molar-refractivity contribution >= 4 is 11.8 Å². The number of nitrogens with zero attached hydrogens (tertiary/aromatic N) is 2. The minimum Gasteiger partial charge on any atom is -0.354 e. The van der Waals surface area contributed by atoms with Gasteiger partial charge in [0, 0.05) is 39.3 Å². The summed E-state index contributed by atoms with van der Waals surface area (Å²) in [6.07, 6.45) is 1.39. The summed E-state index contributed by atoms with van der Waals surface area (Å²) in [5, 5.41) is 6.04. The third-order valence-corrected chi connectivity index (χ3v) is 8.33. The average molecular weight is 579 g/mol. The normalized spacial score (nSPS) is 29.0. The van der Waals surface area contributed by atoms with Crippen LogP contribution in [0.2, 0.25) is 0 Å². The summed E-state index contributed by atoms with van der Waals surface area (Å²) < 4.78 is 23.6. The lowest BCUT2D eigenvalue weighted by atomic mass is 10.1. The van der Waals surface area contributed by atoms with Crippen LogP contribution in [0.25, 0.3) is 0 Å². The van der Waals surface area contributed by atoms with E-state index in [-0.39, 0.29) is 36.6 Å². The van der Waals surface area contributed by atoms with E-state index in [0.717, 1.165) is 38.8 Å². The van der Waals surface area contributed by atoms with Gasteiger partial charge in [-0.3, -0.25) is 19.4 Å². The molecule has 10 heteroatoms. The monoisotopic (exact) mass is 578 g/mol. The standard InChI is InChI=1S/C32H42N4O6/c37-31(29-25-19-35(21-27(39-25)41-29)17-23-11-5-3-6-12-23)33-15-9-1-2-10-16-34-32(38)30-26-20-36(22-28(40-26)42-30)18-24-13-7-4-8-14-24/h3-8,11-14,25-30H,1-2,9-10,15-22H2,(H,33,37)(H,34,38). The molecule has 0 radical (unpaired) electrons. The van der Waals surface area contributed by atoms with Crippen LogP contribution in [0, 0.1) is 0 Å². The van der Waals surface area contributed by atoms with Crippen molar-refractivity contribution in [1.29, 1.82) is 0 Å². The van der Waals surface area contributed by atoms with E-state index in [9.17, 15) is 9.59 Å². The maximum atomic E-state index is 12.8. The third-order valence-electron chi connectivity index (χ3n) is 8.33. The van der Waals surface area contributed by atoms with Crippen molar-refractivity contribution in [2.45, 2.75) is 75.8 Å². The highest BCUT2D eigenvalue weighted by Crippen LogP contribution is 2.28. The number of ether oxygens (including phenoxy) is 4. The zero-order valence-corrected chi connectivity index (χ0v) is 24.1. The maximum absolute atomic E-state index is 12.8. The van der Waals surface area contributed by atoms with Crippen LogP contribution in [-0.2, 0) is 41.6 Å². The van der Waals surface area contributed by atoms with Crippen molar-refractivity contribution in [1.82, 2.24) is 20.4 Å². The zero-order chi connectivity index (χ0) is 28.7. The Morgan fingerprint density at radius 2 is 1.02 bits per heavy atom. The minimum atomic E-state index is -0.558. The average Bonchev–Trinajstić information content (AvgIpc) is 3.48. The van der Waals surface area contributed by atoms with Gasteiger partial charge in [0.15, 0.2) is 24.8 Å². The smallest absolute Gasteiger partial charge is 0.252 e. The van der Waals surface area contributed by atoms with E-state index in [1.807, 2.05) is 36.4 Å². The molecule has 4 aliphatic rings. The third kappa shape index (κ3) is 7.55. The molecule has 4 heterocycles. The lowest BCUT2D eigenvalue weighted by Crippen LogP contribution is -2.47. The predicted octanol–water partition coefficient (Wildman–Crippen LogP) is 2.03. The molecular formula is C32H42N4O6. The second kappa shape index (κ2) is 14.1. The number of carbonyl (C=O) groups is 2. The van der Waals surface area contributed by atoms with Crippen molar-refractivity contribution in [3.05, 3.63) is 71.8 Å². The molecule has 2 aromatic carbocycles. The van der Waals surface area contributed by atoms with Gasteiger partial charge in [-0.05, 0) is 24.0 Å². The summed E-state index contributed by atoms with van der Waals surface area (Å²) in [6, 6.07) is 20.6. The molecule has 6 rings (SSSR count). The second-order valence-electron chi connectivity index (χ2n) is 11.7. The van der Waals surface area contributed by atoms with Crippen molar-refractivity contribution in [2.75, 3.05) is 39.3 Å². The molecule has 0 aromatic heterocycles. The van der Waals surface area contributed by atoms with Crippen LogP contribution in [0.1, 0.15) is 36.8 Å². The fourth-order valence-electron chi connectivity index (χ4n) is 6.26. The van der Waals surface area contributed by atoms with Gasteiger partial charge in [0.2, 0.25) is 0 Å². The zero-order valence-electron chi connectivity index (χ0n) is 24.1. The first-order valence-electron chi connectivity index (χ1n) is 15.3. The molecule has 226 valence electrons. The van der Waals surface area contributed by atoms with Crippen molar-refractivity contribution < 1.29 is 28.5 Å². The van der Waals surface area contributed by atoms with E-state index in [0.29, 0.717) is 39.3 Å². The van der Waals surface area contributed by atoms with Crippen LogP contribution in [0.5, 0.6) is 0 Å². The molecule has 42 heavy (non-hydrogen) atoms. The van der Waals surface area contributed by atoms with Crippen molar-refractivity contribution in [3.8, 4) is 0 Å². The Labute approximate surface area is 247 Å². The molecule has 4 aliphatic heterocycles. The largest absolute Gasteiger partial charge is 0.354 e. The van der Waals surface area contributed by atoms with Crippen molar-refractivity contribution in [2.24, 2.45) is 0 Å². The summed E-state index contributed by atoms with van der Waals surface area (Å²) in [5.74, 6) is -0.190. The molecule has 4 fully saturated rings. The van der Waals surface area contributed by atoms with Crippen LogP contribution in [0.15, 0.2) is 60.7 Å². The van der Waals surface area contributed by atoms with Crippen LogP contribution in [-0.4, -0.2) is 97.9 Å². The van der Waals surface area contributed by atoms with E-state index >= 15 is 0 Å². The lowest BCUT2D eigenvalue weighted by molar-refractivity contribution is -0.135. The van der Waals surface area contributed by atoms with Gasteiger partial charge in [-0.25, -0.2) is 0 Å². The molecule has 6 atom stereocenters. The number of fused-ring (bicyclic) bond motifs is 4. The first-order chi connectivity index (χ1) is 20.6. The number of nitrogens with one attached hydrogen (secondary N) is 2. The summed E-state index contributed by atoms with van der Waals surface area (Å²) in [6.45, 7) is 5.55. The molecule has 6 unspecified atom stereocenters. The Morgan fingerprint density at radius 3 is 1.45 bits per heavy atom. The molecule has 0 aliphatic carbocycles. The SMILES string of the molecule is O=C(NCCCCCCNC(=O)C1OC2CN(Cc3ccccc3)CC1O2)C1OC2CN(Cc3ccccc3)CC1O2.